The lowest BCUT2D eigenvalue weighted by Gasteiger charge is -2.40. The largest absolute Gasteiger partial charge is 0.489 e. The Morgan fingerprint density at radius 2 is 1.82 bits per heavy atom. The molecule has 5 rings (SSSR count). The van der Waals surface area contributed by atoms with E-state index in [4.69, 9.17) is 25.6 Å². The van der Waals surface area contributed by atoms with E-state index in [1.54, 1.807) is 23.1 Å². The van der Waals surface area contributed by atoms with Gasteiger partial charge >= 0.3 is 12.3 Å². The zero-order chi connectivity index (χ0) is 27.2. The van der Waals surface area contributed by atoms with Gasteiger partial charge in [0, 0.05) is 35.5 Å². The number of benzene rings is 2. The summed E-state index contributed by atoms with van der Waals surface area (Å²) in [6, 6.07) is 10.6. The Bertz CT molecular complexity index is 1340. The number of rotatable bonds is 6. The molecule has 1 saturated carbocycles. The average molecular weight is 549 g/mol. The van der Waals surface area contributed by atoms with E-state index in [0.717, 1.165) is 24.5 Å². The number of alkyl halides is 3. The number of amides is 1. The zero-order valence-corrected chi connectivity index (χ0v) is 22.0. The van der Waals surface area contributed by atoms with Gasteiger partial charge < -0.3 is 18.9 Å². The van der Waals surface area contributed by atoms with Crippen molar-refractivity contribution in [3.63, 3.8) is 0 Å². The summed E-state index contributed by atoms with van der Waals surface area (Å²) < 4.78 is 58.0. The van der Waals surface area contributed by atoms with Gasteiger partial charge in [-0.1, -0.05) is 41.0 Å². The minimum atomic E-state index is -4.53. The highest BCUT2D eigenvalue weighted by atomic mass is 35.5. The van der Waals surface area contributed by atoms with E-state index >= 15 is 0 Å². The molecule has 0 bridgehead atoms. The number of carbonyl (C=O) groups is 1. The minimum Gasteiger partial charge on any atom is -0.489 e. The number of carbonyl (C=O) groups excluding carboxylic acids is 1. The van der Waals surface area contributed by atoms with Crippen LogP contribution in [0.4, 0.5) is 18.0 Å². The van der Waals surface area contributed by atoms with Gasteiger partial charge in [-0.2, -0.15) is 13.2 Å². The number of halogens is 4. The monoisotopic (exact) mass is 548 g/mol. The van der Waals surface area contributed by atoms with E-state index < -0.39 is 17.3 Å². The Labute approximate surface area is 223 Å². The first-order valence-corrected chi connectivity index (χ1v) is 12.8. The number of hydrogen-bond acceptors (Lipinski definition) is 5. The molecule has 2 aromatic carbocycles. The van der Waals surface area contributed by atoms with Crippen LogP contribution in [-0.2, 0) is 17.5 Å². The lowest BCUT2D eigenvalue weighted by Crippen LogP contribution is -2.50. The molecule has 1 aliphatic carbocycles. The van der Waals surface area contributed by atoms with Crippen LogP contribution in [0.25, 0.3) is 11.3 Å². The Morgan fingerprint density at radius 1 is 1.11 bits per heavy atom. The van der Waals surface area contributed by atoms with Crippen molar-refractivity contribution in [2.75, 3.05) is 13.1 Å². The van der Waals surface area contributed by atoms with E-state index in [2.05, 4.69) is 5.16 Å². The first kappa shape index (κ1) is 26.4. The molecule has 1 amide bonds. The number of aromatic nitrogens is 1. The van der Waals surface area contributed by atoms with Crippen LogP contribution < -0.4 is 4.74 Å². The predicted molar refractivity (Wildman–Crippen MR) is 135 cm³/mol. The van der Waals surface area contributed by atoms with Crippen molar-refractivity contribution in [3.05, 3.63) is 69.9 Å². The molecule has 2 heterocycles. The molecule has 2 fully saturated rings. The second-order valence-corrected chi connectivity index (χ2v) is 11.2. The van der Waals surface area contributed by atoms with Crippen LogP contribution in [0.3, 0.4) is 0 Å². The van der Waals surface area contributed by atoms with Crippen LogP contribution >= 0.6 is 11.6 Å². The van der Waals surface area contributed by atoms with E-state index in [1.165, 1.54) is 12.1 Å². The van der Waals surface area contributed by atoms with Crippen molar-refractivity contribution in [2.24, 2.45) is 0 Å². The third-order valence-corrected chi connectivity index (χ3v) is 6.91. The maximum absolute atomic E-state index is 13.7. The van der Waals surface area contributed by atoms with Crippen LogP contribution in [0.1, 0.15) is 67.9 Å². The molecule has 0 atom stereocenters. The molecule has 38 heavy (non-hydrogen) atoms. The first-order chi connectivity index (χ1) is 17.9. The van der Waals surface area contributed by atoms with Crippen LogP contribution in [0, 0.1) is 0 Å². The molecule has 3 aromatic rings. The molecule has 2 aliphatic rings. The minimum absolute atomic E-state index is 0.0115. The summed E-state index contributed by atoms with van der Waals surface area (Å²) in [5.41, 5.74) is 0.169. The van der Waals surface area contributed by atoms with E-state index in [9.17, 15) is 18.0 Å². The third-order valence-electron chi connectivity index (χ3n) is 6.58. The Balaban J connectivity index is 1.30. The second kappa shape index (κ2) is 9.84. The SMILES string of the molecule is CC(C)(C)OC(=O)N1CC(c2ccc(OCc3c(-c4ccccc4C(F)(F)F)noc3C3CC3)cc2Cl)C1. The molecule has 0 radical (unpaired) electrons. The van der Waals surface area contributed by atoms with Gasteiger partial charge in [0.15, 0.2) is 0 Å². The van der Waals surface area contributed by atoms with Crippen LogP contribution in [-0.4, -0.2) is 34.8 Å². The summed E-state index contributed by atoms with van der Waals surface area (Å²) in [5.74, 6) is 1.25. The topological polar surface area (TPSA) is 64.8 Å². The van der Waals surface area contributed by atoms with E-state index in [0.29, 0.717) is 35.2 Å². The lowest BCUT2D eigenvalue weighted by atomic mass is 9.92. The van der Waals surface area contributed by atoms with Crippen molar-refractivity contribution in [1.82, 2.24) is 10.1 Å². The Kier molecular flexibility index (Phi) is 6.84. The molecular weight excluding hydrogens is 521 g/mol. The molecule has 202 valence electrons. The maximum atomic E-state index is 13.7. The molecule has 10 heteroatoms. The van der Waals surface area contributed by atoms with Gasteiger partial charge in [0.2, 0.25) is 0 Å². The van der Waals surface area contributed by atoms with Crippen molar-refractivity contribution in [2.45, 2.75) is 63.8 Å². The van der Waals surface area contributed by atoms with Gasteiger partial charge in [-0.25, -0.2) is 4.79 Å². The summed E-state index contributed by atoms with van der Waals surface area (Å²) >= 11 is 6.55. The lowest BCUT2D eigenvalue weighted by molar-refractivity contribution is -0.137. The molecule has 0 N–H and O–H groups in total. The Morgan fingerprint density at radius 3 is 2.45 bits per heavy atom. The van der Waals surface area contributed by atoms with Gasteiger partial charge in [-0.05, 0) is 57.4 Å². The fourth-order valence-electron chi connectivity index (χ4n) is 4.51. The van der Waals surface area contributed by atoms with Crippen molar-refractivity contribution in [1.29, 1.82) is 0 Å². The standard InChI is InChI=1S/C28H28ClF3N2O4/c1-27(2,3)37-26(35)34-13-17(14-34)19-11-10-18(12-23(19)29)36-15-21-24(33-38-25(21)16-8-9-16)20-6-4-5-7-22(20)28(30,31)32/h4-7,10-12,16-17H,8-9,13-15H2,1-3H3. The molecule has 0 unspecified atom stereocenters. The van der Waals surface area contributed by atoms with Crippen molar-refractivity contribution in [3.8, 4) is 17.0 Å². The number of hydrogen-bond donors (Lipinski definition) is 0. The predicted octanol–water partition coefficient (Wildman–Crippen LogP) is 7.80. The smallest absolute Gasteiger partial charge is 0.417 e. The van der Waals surface area contributed by atoms with Gasteiger partial charge in [0.25, 0.3) is 0 Å². The van der Waals surface area contributed by atoms with E-state index in [-0.39, 0.29) is 35.8 Å². The van der Waals surface area contributed by atoms with E-state index in [1.807, 2.05) is 26.8 Å². The molecular formula is C28H28ClF3N2O4. The highest BCUT2D eigenvalue weighted by Crippen LogP contribution is 2.46. The summed E-state index contributed by atoms with van der Waals surface area (Å²) in [4.78, 5) is 13.8. The number of likely N-dealkylation sites (tertiary alicyclic amines) is 1. The van der Waals surface area contributed by atoms with Gasteiger partial charge in [0.05, 0.1) is 11.1 Å². The van der Waals surface area contributed by atoms with Crippen molar-refractivity contribution >= 4 is 17.7 Å². The van der Waals surface area contributed by atoms with Crippen LogP contribution in [0.5, 0.6) is 5.75 Å². The molecule has 6 nitrogen and oxygen atoms in total. The molecule has 0 spiro atoms. The highest BCUT2D eigenvalue weighted by Gasteiger charge is 2.38. The number of nitrogens with zero attached hydrogens (tertiary/aromatic N) is 2. The Hall–Kier alpha value is -3.20. The zero-order valence-electron chi connectivity index (χ0n) is 21.3. The highest BCUT2D eigenvalue weighted by molar-refractivity contribution is 6.31. The van der Waals surface area contributed by atoms with Crippen molar-refractivity contribution < 1.29 is 32.0 Å². The molecule has 1 saturated heterocycles. The van der Waals surface area contributed by atoms with Gasteiger partial charge in [-0.15, -0.1) is 0 Å². The second-order valence-electron chi connectivity index (χ2n) is 10.7. The van der Waals surface area contributed by atoms with Crippen LogP contribution in [0.15, 0.2) is 47.0 Å². The molecule has 1 aliphatic heterocycles. The fourth-order valence-corrected chi connectivity index (χ4v) is 4.84. The van der Waals surface area contributed by atoms with Gasteiger partial charge in [0.1, 0.15) is 29.4 Å². The first-order valence-electron chi connectivity index (χ1n) is 12.5. The van der Waals surface area contributed by atoms with Gasteiger partial charge in [-0.3, -0.25) is 0 Å². The summed E-state index contributed by atoms with van der Waals surface area (Å²) in [6.07, 6.45) is -3.10. The number of ether oxygens (including phenoxy) is 2. The summed E-state index contributed by atoms with van der Waals surface area (Å²) in [6.45, 7) is 6.46. The summed E-state index contributed by atoms with van der Waals surface area (Å²) in [7, 11) is 0. The quantitative estimate of drug-likeness (QED) is 0.314. The molecule has 1 aromatic heterocycles. The fraction of sp³-hybridized carbons (Fsp3) is 0.429. The average Bonchev–Trinajstić information content (AvgIpc) is 3.55. The maximum Gasteiger partial charge on any atom is 0.417 e. The third kappa shape index (κ3) is 5.62. The summed E-state index contributed by atoms with van der Waals surface area (Å²) in [5, 5.41) is 4.52. The normalized spacial score (nSPS) is 16.3. The van der Waals surface area contributed by atoms with Crippen LogP contribution in [0.2, 0.25) is 5.02 Å².